The number of pyridine rings is 1. The highest BCUT2D eigenvalue weighted by atomic mass is 16.5. The summed E-state index contributed by atoms with van der Waals surface area (Å²) in [6, 6.07) is 3.74. The molecule has 6 heterocycles. The number of amides is 3. The summed E-state index contributed by atoms with van der Waals surface area (Å²) in [5.74, 6) is 2.53. The zero-order valence-electron chi connectivity index (χ0n) is 23.5. The van der Waals surface area contributed by atoms with Gasteiger partial charge in [0, 0.05) is 88.1 Å². The fourth-order valence-corrected chi connectivity index (χ4v) is 6.53. The van der Waals surface area contributed by atoms with Crippen LogP contribution in [0.4, 0.5) is 4.79 Å². The molecular formula is C29H39N5O7. The molecule has 3 saturated heterocycles. The van der Waals surface area contributed by atoms with Crippen molar-refractivity contribution in [3.63, 3.8) is 0 Å². The minimum Gasteiger partial charge on any atom is -0.477 e. The molecule has 1 saturated carbocycles. The van der Waals surface area contributed by atoms with E-state index in [4.69, 9.17) is 24.1 Å². The average Bonchev–Trinajstić information content (AvgIpc) is 3.54. The van der Waals surface area contributed by atoms with E-state index in [0.717, 1.165) is 51.7 Å². The maximum absolute atomic E-state index is 13.6. The summed E-state index contributed by atoms with van der Waals surface area (Å²) in [5, 5.41) is 9.37. The summed E-state index contributed by atoms with van der Waals surface area (Å²) in [4.78, 5) is 48.9. The number of hydrogen-bond acceptors (Lipinski definition) is 8. The molecule has 12 nitrogen and oxygen atoms in total. The van der Waals surface area contributed by atoms with Crippen molar-refractivity contribution < 1.29 is 28.7 Å². The van der Waals surface area contributed by atoms with Crippen molar-refractivity contribution in [1.29, 1.82) is 0 Å². The average molecular weight is 570 g/mol. The van der Waals surface area contributed by atoms with Crippen LogP contribution >= 0.6 is 0 Å². The first kappa shape index (κ1) is 27.8. The lowest BCUT2D eigenvalue weighted by Gasteiger charge is -2.30. The van der Waals surface area contributed by atoms with Crippen LogP contribution in [-0.4, -0.2) is 102 Å². The van der Waals surface area contributed by atoms with Gasteiger partial charge in [-0.3, -0.25) is 9.59 Å². The topological polar surface area (TPSA) is 141 Å². The van der Waals surface area contributed by atoms with E-state index < -0.39 is 0 Å². The molecule has 0 spiro atoms. The van der Waals surface area contributed by atoms with Crippen LogP contribution in [0.3, 0.4) is 0 Å². The van der Waals surface area contributed by atoms with Gasteiger partial charge in [-0.15, -0.1) is 0 Å². The quantitative estimate of drug-likeness (QED) is 0.556. The number of urea groups is 1. The van der Waals surface area contributed by atoms with Gasteiger partial charge < -0.3 is 33.8 Å². The number of carbonyl (C=O) groups excluding carboxylic acids is 2. The molecule has 0 radical (unpaired) electrons. The molecule has 2 aromatic rings. The number of hydrogen-bond donors (Lipinski definition) is 2. The summed E-state index contributed by atoms with van der Waals surface area (Å²) in [5.41, 5.74) is 2.06. The van der Waals surface area contributed by atoms with Gasteiger partial charge in [0.15, 0.2) is 5.76 Å². The molecule has 2 N–H and O–H groups in total. The van der Waals surface area contributed by atoms with Crippen molar-refractivity contribution in [2.24, 2.45) is 17.8 Å². The molecule has 222 valence electrons. The first-order valence-electron chi connectivity index (χ1n) is 14.7. The van der Waals surface area contributed by atoms with Crippen LogP contribution in [0.15, 0.2) is 21.5 Å². The number of aromatic amines is 1. The number of carbonyl (C=O) groups is 2. The Hall–Kier alpha value is -3.38. The number of nitrogens with zero attached hydrogens (tertiary/aromatic N) is 4. The number of likely N-dealkylation sites (tertiary alicyclic amines) is 2. The van der Waals surface area contributed by atoms with Crippen LogP contribution < -0.4 is 10.3 Å². The molecule has 12 heteroatoms. The fourth-order valence-electron chi connectivity index (χ4n) is 6.53. The minimum atomic E-state index is -0.200. The number of fused-ring (bicyclic) bond motifs is 2. The highest BCUT2D eigenvalue weighted by Gasteiger charge is 2.44. The van der Waals surface area contributed by atoms with E-state index in [-0.39, 0.29) is 29.3 Å². The van der Waals surface area contributed by atoms with Crippen LogP contribution in [0, 0.1) is 17.8 Å². The van der Waals surface area contributed by atoms with Crippen LogP contribution in [-0.2, 0) is 17.7 Å². The van der Waals surface area contributed by atoms with E-state index in [1.807, 2.05) is 21.9 Å². The molecule has 3 amide bonds. The van der Waals surface area contributed by atoms with Gasteiger partial charge in [0.25, 0.3) is 11.5 Å². The normalized spacial score (nSPS) is 24.0. The van der Waals surface area contributed by atoms with Crippen molar-refractivity contribution >= 4 is 11.9 Å². The van der Waals surface area contributed by atoms with Crippen LogP contribution in [0.25, 0.3) is 0 Å². The third kappa shape index (κ3) is 5.85. The van der Waals surface area contributed by atoms with Crippen molar-refractivity contribution in [3.05, 3.63) is 45.1 Å². The van der Waals surface area contributed by atoms with Crippen LogP contribution in [0.2, 0.25) is 0 Å². The number of aliphatic hydroxyl groups is 1. The largest absolute Gasteiger partial charge is 0.477 e. The second kappa shape index (κ2) is 11.8. The number of H-pyrrole nitrogens is 1. The second-order valence-corrected chi connectivity index (χ2v) is 11.8. The predicted molar refractivity (Wildman–Crippen MR) is 147 cm³/mol. The second-order valence-electron chi connectivity index (χ2n) is 11.8. The minimum absolute atomic E-state index is 0.0218. The lowest BCUT2D eigenvalue weighted by Crippen LogP contribution is -2.45. The number of rotatable bonds is 5. The SMILES string of the molecule is CO.O=C(c1cc(OCC2CCOCC2)nc(C2CC2)c1)N1CC2CN(C(=O)N3CCc4c(o[nH]c4=O)C3)CC2C1. The fraction of sp³-hybridized carbons (Fsp3) is 0.655. The standard InChI is InChI=1S/C28H35N5O6.CH4O/c34-26-22-3-6-31(15-24(22)39-30-26)28(36)33-13-20-11-32(12-21(20)14-33)27(35)19-9-23(18-1-2-18)29-25(10-19)38-16-17-4-7-37-8-5-17;1-2/h9-10,17-18,20-21H,1-8,11-16H2,(H,30,34);2H,1H3. The summed E-state index contributed by atoms with van der Waals surface area (Å²) in [6.45, 7) is 5.53. The van der Waals surface area contributed by atoms with Gasteiger partial charge in [0.2, 0.25) is 5.88 Å². The zero-order valence-corrected chi connectivity index (χ0v) is 23.5. The number of aromatic nitrogens is 2. The van der Waals surface area contributed by atoms with Gasteiger partial charge in [-0.1, -0.05) is 0 Å². The monoisotopic (exact) mass is 569 g/mol. The Balaban J connectivity index is 0.00000148. The van der Waals surface area contributed by atoms with E-state index in [2.05, 4.69) is 5.16 Å². The Labute approximate surface area is 238 Å². The summed E-state index contributed by atoms with van der Waals surface area (Å²) in [6.07, 6.45) is 4.70. The summed E-state index contributed by atoms with van der Waals surface area (Å²) >= 11 is 0. The van der Waals surface area contributed by atoms with Crippen LogP contribution in [0.5, 0.6) is 5.88 Å². The Kier molecular flexibility index (Phi) is 8.03. The molecule has 41 heavy (non-hydrogen) atoms. The van der Waals surface area contributed by atoms with E-state index in [1.54, 1.807) is 4.90 Å². The smallest absolute Gasteiger partial charge is 0.320 e. The van der Waals surface area contributed by atoms with Crippen LogP contribution in [0.1, 0.15) is 59.0 Å². The zero-order chi connectivity index (χ0) is 28.5. The van der Waals surface area contributed by atoms with Crippen molar-refractivity contribution in [1.82, 2.24) is 24.8 Å². The van der Waals surface area contributed by atoms with Gasteiger partial charge in [-0.2, -0.15) is 5.16 Å². The first-order chi connectivity index (χ1) is 20.0. The third-order valence-electron chi connectivity index (χ3n) is 9.03. The van der Waals surface area contributed by atoms with E-state index in [1.165, 1.54) is 0 Å². The molecule has 0 bridgehead atoms. The Bertz CT molecular complexity index is 1300. The van der Waals surface area contributed by atoms with Crippen molar-refractivity contribution in [3.8, 4) is 5.88 Å². The highest BCUT2D eigenvalue weighted by Crippen LogP contribution is 2.40. The summed E-state index contributed by atoms with van der Waals surface area (Å²) < 4.78 is 16.8. The third-order valence-corrected chi connectivity index (χ3v) is 9.03. The Morgan fingerprint density at radius 2 is 1.73 bits per heavy atom. The Morgan fingerprint density at radius 3 is 2.44 bits per heavy atom. The van der Waals surface area contributed by atoms with Gasteiger partial charge in [0.1, 0.15) is 0 Å². The van der Waals surface area contributed by atoms with Crippen molar-refractivity contribution in [2.75, 3.05) is 59.7 Å². The molecular weight excluding hydrogens is 530 g/mol. The number of nitrogens with one attached hydrogen (secondary N) is 1. The molecule has 4 aliphatic heterocycles. The van der Waals surface area contributed by atoms with Gasteiger partial charge in [0.05, 0.1) is 18.7 Å². The molecule has 7 rings (SSSR count). The lowest BCUT2D eigenvalue weighted by atomic mass is 10.0. The molecule has 0 aromatic carbocycles. The first-order valence-corrected chi connectivity index (χ1v) is 14.7. The molecule has 2 unspecified atom stereocenters. The number of aliphatic hydroxyl groups excluding tert-OH is 1. The molecule has 5 aliphatic rings. The maximum atomic E-state index is 13.6. The number of ether oxygens (including phenoxy) is 2. The van der Waals surface area contributed by atoms with E-state index in [9.17, 15) is 14.4 Å². The van der Waals surface area contributed by atoms with E-state index >= 15 is 0 Å². The lowest BCUT2D eigenvalue weighted by molar-refractivity contribution is 0.0490. The molecule has 2 atom stereocenters. The maximum Gasteiger partial charge on any atom is 0.320 e. The van der Waals surface area contributed by atoms with Crippen molar-refractivity contribution in [2.45, 2.75) is 44.6 Å². The van der Waals surface area contributed by atoms with Gasteiger partial charge in [-0.25, -0.2) is 9.78 Å². The van der Waals surface area contributed by atoms with E-state index in [0.29, 0.717) is 86.9 Å². The summed E-state index contributed by atoms with van der Waals surface area (Å²) in [7, 11) is 1.00. The highest BCUT2D eigenvalue weighted by molar-refractivity contribution is 5.95. The van der Waals surface area contributed by atoms with Gasteiger partial charge in [-0.05, 0) is 44.1 Å². The molecule has 2 aromatic heterocycles. The molecule has 4 fully saturated rings. The Morgan fingerprint density at radius 1 is 1.02 bits per heavy atom. The molecule has 1 aliphatic carbocycles. The van der Waals surface area contributed by atoms with Gasteiger partial charge >= 0.3 is 6.03 Å². The predicted octanol–water partition coefficient (Wildman–Crippen LogP) is 1.84.